The number of carbonyl (C=O) groups excluding carboxylic acids is 1. The van der Waals surface area contributed by atoms with E-state index >= 15 is 0 Å². The molecule has 1 unspecified atom stereocenters. The summed E-state index contributed by atoms with van der Waals surface area (Å²) in [7, 11) is -2.29. The molecular formula is C11H15ClN2O3S. The number of carbonyl (C=O) groups is 1. The van der Waals surface area contributed by atoms with Gasteiger partial charge in [0, 0.05) is 11.8 Å². The number of rotatable bonds is 5. The Hall–Kier alpha value is -1.11. The van der Waals surface area contributed by atoms with Crippen molar-refractivity contribution in [3.8, 4) is 0 Å². The second-order valence-electron chi connectivity index (χ2n) is 3.75. The third-order valence-electron chi connectivity index (χ3n) is 2.38. The van der Waals surface area contributed by atoms with Gasteiger partial charge in [0.2, 0.25) is 15.9 Å². The zero-order chi connectivity index (χ0) is 13.8. The average molecular weight is 291 g/mol. The maximum absolute atomic E-state index is 11.8. The van der Waals surface area contributed by atoms with Gasteiger partial charge in [-0.3, -0.25) is 4.79 Å². The van der Waals surface area contributed by atoms with E-state index in [-0.39, 0.29) is 22.4 Å². The van der Waals surface area contributed by atoms with E-state index in [0.29, 0.717) is 0 Å². The third kappa shape index (κ3) is 3.44. The van der Waals surface area contributed by atoms with Gasteiger partial charge in [-0.15, -0.1) is 11.6 Å². The molecule has 0 aromatic heterocycles. The van der Waals surface area contributed by atoms with Crippen molar-refractivity contribution >= 4 is 33.2 Å². The molecule has 0 bridgehead atoms. The summed E-state index contributed by atoms with van der Waals surface area (Å²) in [6.07, 6.45) is 0. The first-order valence-corrected chi connectivity index (χ1v) is 7.33. The van der Waals surface area contributed by atoms with Crippen LogP contribution >= 0.6 is 11.6 Å². The fourth-order valence-electron chi connectivity index (χ4n) is 1.24. The number of amides is 1. The number of nitrogens with one attached hydrogen (secondary N) is 2. The zero-order valence-corrected chi connectivity index (χ0v) is 11.7. The number of sulfonamides is 1. The van der Waals surface area contributed by atoms with Gasteiger partial charge in [-0.1, -0.05) is 19.1 Å². The zero-order valence-electron chi connectivity index (χ0n) is 10.1. The number of para-hydroxylation sites is 1. The van der Waals surface area contributed by atoms with E-state index in [4.69, 9.17) is 11.6 Å². The van der Waals surface area contributed by atoms with Crippen LogP contribution in [0.2, 0.25) is 0 Å². The van der Waals surface area contributed by atoms with Crippen LogP contribution in [-0.4, -0.2) is 27.3 Å². The Kier molecular flexibility index (Phi) is 5.13. The van der Waals surface area contributed by atoms with Gasteiger partial charge in [0.15, 0.2) is 0 Å². The molecule has 0 radical (unpaired) electrons. The van der Waals surface area contributed by atoms with Crippen LogP contribution in [0.1, 0.15) is 6.92 Å². The topological polar surface area (TPSA) is 75.3 Å². The molecule has 1 amide bonds. The molecule has 1 rings (SSSR count). The molecular weight excluding hydrogens is 276 g/mol. The molecule has 0 aliphatic carbocycles. The third-order valence-corrected chi connectivity index (χ3v) is 4.32. The van der Waals surface area contributed by atoms with Gasteiger partial charge >= 0.3 is 0 Å². The summed E-state index contributed by atoms with van der Waals surface area (Å²) in [5.41, 5.74) is 0.244. The number of alkyl halides is 1. The van der Waals surface area contributed by atoms with E-state index < -0.39 is 15.9 Å². The van der Waals surface area contributed by atoms with Gasteiger partial charge in [-0.25, -0.2) is 13.1 Å². The van der Waals surface area contributed by atoms with Crippen LogP contribution in [-0.2, 0) is 14.8 Å². The second-order valence-corrected chi connectivity index (χ2v) is 5.91. The van der Waals surface area contributed by atoms with Crippen molar-refractivity contribution in [2.75, 3.05) is 18.2 Å². The highest BCUT2D eigenvalue weighted by Gasteiger charge is 2.19. The van der Waals surface area contributed by atoms with E-state index in [1.807, 2.05) is 0 Å². The van der Waals surface area contributed by atoms with Crippen molar-refractivity contribution in [3.05, 3.63) is 24.3 Å². The van der Waals surface area contributed by atoms with Crippen LogP contribution in [0.5, 0.6) is 0 Å². The van der Waals surface area contributed by atoms with Gasteiger partial charge in [0.1, 0.15) is 4.90 Å². The Morgan fingerprint density at radius 3 is 2.56 bits per heavy atom. The fraction of sp³-hybridized carbons (Fsp3) is 0.364. The van der Waals surface area contributed by atoms with Crippen molar-refractivity contribution in [2.45, 2.75) is 11.8 Å². The lowest BCUT2D eigenvalue weighted by molar-refractivity contribution is -0.118. The first-order valence-electron chi connectivity index (χ1n) is 5.31. The van der Waals surface area contributed by atoms with Crippen molar-refractivity contribution in [1.82, 2.24) is 4.72 Å². The number of halogens is 1. The van der Waals surface area contributed by atoms with Crippen molar-refractivity contribution in [1.29, 1.82) is 0 Å². The lowest BCUT2D eigenvalue weighted by atomic mass is 10.2. The predicted octanol–water partition coefficient (Wildman–Crippen LogP) is 1.41. The first-order chi connectivity index (χ1) is 8.42. The molecule has 0 spiro atoms. The molecule has 0 aliphatic rings. The Morgan fingerprint density at radius 2 is 2.00 bits per heavy atom. The van der Waals surface area contributed by atoms with Crippen LogP contribution in [0.25, 0.3) is 0 Å². The summed E-state index contributed by atoms with van der Waals surface area (Å²) in [6, 6.07) is 6.19. The van der Waals surface area contributed by atoms with Crippen LogP contribution in [0.4, 0.5) is 5.69 Å². The number of benzene rings is 1. The van der Waals surface area contributed by atoms with E-state index in [1.165, 1.54) is 19.2 Å². The van der Waals surface area contributed by atoms with Gasteiger partial charge < -0.3 is 5.32 Å². The highest BCUT2D eigenvalue weighted by atomic mass is 35.5. The summed E-state index contributed by atoms with van der Waals surface area (Å²) >= 11 is 5.58. The molecule has 2 N–H and O–H groups in total. The smallest absolute Gasteiger partial charge is 0.242 e. The molecule has 100 valence electrons. The van der Waals surface area contributed by atoms with Crippen molar-refractivity contribution in [2.24, 2.45) is 5.92 Å². The second kappa shape index (κ2) is 6.17. The molecule has 5 nitrogen and oxygen atoms in total. The molecule has 0 saturated carbocycles. The Bertz CT molecular complexity index is 531. The lowest BCUT2D eigenvalue weighted by Crippen LogP contribution is -2.25. The summed E-state index contributed by atoms with van der Waals surface area (Å²) in [5.74, 6) is -0.534. The Balaban J connectivity index is 3.08. The Morgan fingerprint density at radius 1 is 1.39 bits per heavy atom. The minimum atomic E-state index is -3.60. The van der Waals surface area contributed by atoms with E-state index in [1.54, 1.807) is 19.1 Å². The molecule has 0 heterocycles. The molecule has 0 saturated heterocycles. The molecule has 7 heteroatoms. The molecule has 0 fully saturated rings. The quantitative estimate of drug-likeness (QED) is 0.805. The minimum Gasteiger partial charge on any atom is -0.325 e. The Labute approximate surface area is 112 Å². The van der Waals surface area contributed by atoms with Gasteiger partial charge in [-0.2, -0.15) is 0 Å². The summed E-state index contributed by atoms with van der Waals surface area (Å²) < 4.78 is 25.7. The van der Waals surface area contributed by atoms with Crippen LogP contribution < -0.4 is 10.0 Å². The number of anilines is 1. The van der Waals surface area contributed by atoms with Crippen LogP contribution in [0.15, 0.2) is 29.2 Å². The lowest BCUT2D eigenvalue weighted by Gasteiger charge is -2.13. The summed E-state index contributed by atoms with van der Waals surface area (Å²) in [5, 5.41) is 2.56. The molecule has 1 atom stereocenters. The monoisotopic (exact) mass is 290 g/mol. The number of hydrogen-bond acceptors (Lipinski definition) is 3. The van der Waals surface area contributed by atoms with Gasteiger partial charge in [-0.05, 0) is 19.2 Å². The van der Waals surface area contributed by atoms with Gasteiger partial charge in [0.05, 0.1) is 5.69 Å². The van der Waals surface area contributed by atoms with Crippen molar-refractivity contribution in [3.63, 3.8) is 0 Å². The predicted molar refractivity (Wildman–Crippen MR) is 71.2 cm³/mol. The average Bonchev–Trinajstić information content (AvgIpc) is 2.38. The first kappa shape index (κ1) is 14.9. The molecule has 1 aromatic carbocycles. The van der Waals surface area contributed by atoms with Gasteiger partial charge in [0.25, 0.3) is 0 Å². The minimum absolute atomic E-state index is 0.0302. The summed E-state index contributed by atoms with van der Waals surface area (Å²) in [6.45, 7) is 1.66. The molecule has 18 heavy (non-hydrogen) atoms. The maximum Gasteiger partial charge on any atom is 0.242 e. The molecule has 1 aromatic rings. The maximum atomic E-state index is 11.8. The summed E-state index contributed by atoms with van der Waals surface area (Å²) in [4.78, 5) is 11.7. The van der Waals surface area contributed by atoms with E-state index in [2.05, 4.69) is 10.0 Å². The molecule has 0 aliphatic heterocycles. The standard InChI is InChI=1S/C11H15ClN2O3S/c1-8(7-12)11(15)14-9-5-3-4-6-10(9)18(16,17)13-2/h3-6,8,13H,7H2,1-2H3,(H,14,15). The normalized spacial score (nSPS) is 13.1. The van der Waals surface area contributed by atoms with Crippen molar-refractivity contribution < 1.29 is 13.2 Å². The fourth-order valence-corrected chi connectivity index (χ4v) is 2.27. The van der Waals surface area contributed by atoms with E-state index in [9.17, 15) is 13.2 Å². The van der Waals surface area contributed by atoms with Crippen LogP contribution in [0.3, 0.4) is 0 Å². The van der Waals surface area contributed by atoms with E-state index in [0.717, 1.165) is 0 Å². The largest absolute Gasteiger partial charge is 0.325 e. The van der Waals surface area contributed by atoms with Crippen LogP contribution in [0, 0.1) is 5.92 Å². The SMILES string of the molecule is CNS(=O)(=O)c1ccccc1NC(=O)C(C)CCl. The number of hydrogen-bond donors (Lipinski definition) is 2. The highest BCUT2D eigenvalue weighted by Crippen LogP contribution is 2.21. The highest BCUT2D eigenvalue weighted by molar-refractivity contribution is 7.89.